The van der Waals surface area contributed by atoms with Crippen LogP contribution in [0.1, 0.15) is 16.7 Å². The Morgan fingerprint density at radius 3 is 2.20 bits per heavy atom. The zero-order valence-corrected chi connectivity index (χ0v) is 16.9. The molecule has 6 nitrogen and oxygen atoms in total. The van der Waals surface area contributed by atoms with Crippen molar-refractivity contribution in [1.82, 2.24) is 0 Å². The molecule has 0 fully saturated rings. The molecule has 152 valence electrons. The maximum atomic E-state index is 12.0. The number of fused-ring (bicyclic) bond motifs is 1. The van der Waals surface area contributed by atoms with Crippen LogP contribution in [-0.2, 0) is 11.2 Å². The lowest BCUT2D eigenvalue weighted by molar-refractivity contribution is -0.130. The first-order chi connectivity index (χ1) is 14.6. The van der Waals surface area contributed by atoms with E-state index in [1.807, 2.05) is 48.5 Å². The van der Waals surface area contributed by atoms with Gasteiger partial charge < -0.3 is 19.3 Å². The Morgan fingerprint density at radius 1 is 0.967 bits per heavy atom. The minimum atomic E-state index is -1.24. The van der Waals surface area contributed by atoms with E-state index in [-0.39, 0.29) is 22.6 Å². The van der Waals surface area contributed by atoms with Crippen LogP contribution >= 0.6 is 0 Å². The molecule has 3 aromatic rings. The van der Waals surface area contributed by atoms with Gasteiger partial charge in [0.1, 0.15) is 0 Å². The predicted octanol–water partition coefficient (Wildman–Crippen LogP) is 4.45. The van der Waals surface area contributed by atoms with Crippen molar-refractivity contribution in [1.29, 1.82) is 5.26 Å². The van der Waals surface area contributed by atoms with E-state index < -0.39 is 5.97 Å². The highest BCUT2D eigenvalue weighted by molar-refractivity contribution is 6.22. The molecule has 0 aliphatic carbocycles. The van der Waals surface area contributed by atoms with E-state index in [9.17, 15) is 15.2 Å². The van der Waals surface area contributed by atoms with Crippen LogP contribution < -0.4 is 14.2 Å². The minimum Gasteiger partial charge on any atom is -0.492 e. The molecule has 0 saturated heterocycles. The van der Waals surface area contributed by atoms with Crippen LogP contribution in [0.5, 0.6) is 17.2 Å². The first-order valence-electron chi connectivity index (χ1n) is 9.18. The third-order valence-corrected chi connectivity index (χ3v) is 4.85. The van der Waals surface area contributed by atoms with Gasteiger partial charge in [-0.25, -0.2) is 4.79 Å². The van der Waals surface area contributed by atoms with Crippen molar-refractivity contribution in [2.45, 2.75) is 6.42 Å². The number of carbonyl (C=O) groups is 1. The second-order valence-corrected chi connectivity index (χ2v) is 6.47. The Kier molecular flexibility index (Phi) is 6.23. The number of hydrogen-bond acceptors (Lipinski definition) is 5. The lowest BCUT2D eigenvalue weighted by Crippen LogP contribution is -2.07. The maximum Gasteiger partial charge on any atom is 0.337 e. The second-order valence-electron chi connectivity index (χ2n) is 6.47. The Labute approximate surface area is 174 Å². The van der Waals surface area contributed by atoms with E-state index in [4.69, 9.17) is 14.2 Å². The summed E-state index contributed by atoms with van der Waals surface area (Å²) in [6.45, 7) is 0. The zero-order valence-electron chi connectivity index (χ0n) is 16.9. The van der Waals surface area contributed by atoms with Crippen LogP contribution in [0.15, 0.2) is 54.6 Å². The van der Waals surface area contributed by atoms with Crippen LogP contribution in [0.3, 0.4) is 0 Å². The monoisotopic (exact) mass is 403 g/mol. The molecule has 0 radical (unpaired) electrons. The Bertz CT molecular complexity index is 1160. The normalized spacial score (nSPS) is 11.1. The van der Waals surface area contributed by atoms with Crippen LogP contribution in [0.4, 0.5) is 0 Å². The lowest BCUT2D eigenvalue weighted by Gasteiger charge is -2.21. The fourth-order valence-corrected chi connectivity index (χ4v) is 3.64. The number of benzene rings is 3. The molecule has 0 heterocycles. The third-order valence-electron chi connectivity index (χ3n) is 4.85. The van der Waals surface area contributed by atoms with E-state index in [0.717, 1.165) is 17.2 Å². The summed E-state index contributed by atoms with van der Waals surface area (Å²) < 4.78 is 16.8. The molecule has 0 unspecified atom stereocenters. The molecular formula is C24H21NO5. The van der Waals surface area contributed by atoms with Crippen molar-refractivity contribution >= 4 is 22.3 Å². The van der Waals surface area contributed by atoms with E-state index in [1.54, 1.807) is 6.07 Å². The summed E-state index contributed by atoms with van der Waals surface area (Å²) in [7, 11) is 4.41. The molecule has 6 heteroatoms. The van der Waals surface area contributed by atoms with Crippen molar-refractivity contribution in [3.05, 3.63) is 71.3 Å². The summed E-state index contributed by atoms with van der Waals surface area (Å²) in [5, 5.41) is 20.3. The number of nitriles is 1. The molecule has 0 aromatic heterocycles. The standard InChI is InChI=1S/C24H21NO5/c1-28-21-19-16(14-15-8-5-4-6-9-15)10-7-11-17(19)20(18(12-13-25)24(26)27)22(29-2)23(21)30-3/h4-12H,14H2,1-3H3,(H,26,27)/b18-12+. The number of carboxylic acid groups (broad SMARTS) is 1. The number of carboxylic acids is 1. The number of rotatable bonds is 7. The van der Waals surface area contributed by atoms with Gasteiger partial charge in [0, 0.05) is 17.0 Å². The van der Waals surface area contributed by atoms with E-state index >= 15 is 0 Å². The van der Waals surface area contributed by atoms with Gasteiger partial charge in [0.2, 0.25) is 5.75 Å². The number of methoxy groups -OCH3 is 3. The molecule has 0 atom stereocenters. The van der Waals surface area contributed by atoms with Gasteiger partial charge in [0.25, 0.3) is 0 Å². The molecular weight excluding hydrogens is 382 g/mol. The SMILES string of the molecule is COc1c(OC)c(OC)c2c(Cc3ccccc3)cccc2c1/C(=C\C#N)C(=O)O. The Balaban J connectivity index is 2.47. The smallest absolute Gasteiger partial charge is 0.337 e. The summed E-state index contributed by atoms with van der Waals surface area (Å²) in [6.07, 6.45) is 1.60. The van der Waals surface area contributed by atoms with Crippen LogP contribution in [0, 0.1) is 11.3 Å². The average molecular weight is 403 g/mol. The molecule has 0 saturated carbocycles. The lowest BCUT2D eigenvalue weighted by atomic mass is 9.90. The van der Waals surface area contributed by atoms with Gasteiger partial charge in [-0.15, -0.1) is 0 Å². The Hall–Kier alpha value is -3.98. The third kappa shape index (κ3) is 3.65. The Morgan fingerprint density at radius 2 is 1.63 bits per heavy atom. The number of hydrogen-bond donors (Lipinski definition) is 1. The molecule has 3 aromatic carbocycles. The zero-order chi connectivity index (χ0) is 21.7. The first kappa shape index (κ1) is 20.7. The van der Waals surface area contributed by atoms with Gasteiger partial charge in [-0.1, -0.05) is 48.5 Å². The quantitative estimate of drug-likeness (QED) is 0.463. The van der Waals surface area contributed by atoms with Crippen LogP contribution in [0.2, 0.25) is 0 Å². The second kappa shape index (κ2) is 9.01. The molecule has 30 heavy (non-hydrogen) atoms. The molecule has 1 N–H and O–H groups in total. The molecule has 0 aliphatic rings. The van der Waals surface area contributed by atoms with Crippen LogP contribution in [0.25, 0.3) is 16.3 Å². The number of allylic oxidation sites excluding steroid dienone is 1. The molecule has 0 aliphatic heterocycles. The predicted molar refractivity (Wildman–Crippen MR) is 114 cm³/mol. The van der Waals surface area contributed by atoms with Gasteiger partial charge in [-0.05, 0) is 22.9 Å². The van der Waals surface area contributed by atoms with E-state index in [1.165, 1.54) is 21.3 Å². The molecule has 0 amide bonds. The molecule has 3 rings (SSSR count). The van der Waals surface area contributed by atoms with Gasteiger partial charge in [0.15, 0.2) is 11.5 Å². The fraction of sp³-hybridized carbons (Fsp3) is 0.167. The highest BCUT2D eigenvalue weighted by Crippen LogP contribution is 2.50. The van der Waals surface area contributed by atoms with Gasteiger partial charge in [-0.3, -0.25) is 0 Å². The van der Waals surface area contributed by atoms with Gasteiger partial charge in [-0.2, -0.15) is 5.26 Å². The topological polar surface area (TPSA) is 88.8 Å². The first-order valence-corrected chi connectivity index (χ1v) is 9.18. The average Bonchev–Trinajstić information content (AvgIpc) is 2.76. The summed E-state index contributed by atoms with van der Waals surface area (Å²) in [5.41, 5.74) is 2.11. The van der Waals surface area contributed by atoms with Crippen molar-refractivity contribution in [3.8, 4) is 23.3 Å². The van der Waals surface area contributed by atoms with Gasteiger partial charge in [0.05, 0.1) is 33.0 Å². The molecule has 0 spiro atoms. The van der Waals surface area contributed by atoms with Gasteiger partial charge >= 0.3 is 5.97 Å². The summed E-state index contributed by atoms with van der Waals surface area (Å²) in [4.78, 5) is 12.0. The molecule has 0 bridgehead atoms. The summed E-state index contributed by atoms with van der Waals surface area (Å²) in [5.74, 6) is -0.325. The van der Waals surface area contributed by atoms with Crippen LogP contribution in [-0.4, -0.2) is 32.4 Å². The number of nitrogens with zero attached hydrogens (tertiary/aromatic N) is 1. The number of aliphatic carboxylic acids is 1. The number of ether oxygens (including phenoxy) is 3. The van der Waals surface area contributed by atoms with E-state index in [2.05, 4.69) is 0 Å². The fourth-order valence-electron chi connectivity index (χ4n) is 3.64. The van der Waals surface area contributed by atoms with Crippen molar-refractivity contribution in [2.24, 2.45) is 0 Å². The van der Waals surface area contributed by atoms with Crippen molar-refractivity contribution < 1.29 is 24.1 Å². The van der Waals surface area contributed by atoms with E-state index in [0.29, 0.717) is 22.9 Å². The highest BCUT2D eigenvalue weighted by Gasteiger charge is 2.28. The summed E-state index contributed by atoms with van der Waals surface area (Å²) in [6, 6.07) is 17.3. The highest BCUT2D eigenvalue weighted by atomic mass is 16.5. The maximum absolute atomic E-state index is 12.0. The summed E-state index contributed by atoms with van der Waals surface area (Å²) >= 11 is 0. The largest absolute Gasteiger partial charge is 0.492 e. The minimum absolute atomic E-state index is 0.183. The van der Waals surface area contributed by atoms with Crippen molar-refractivity contribution in [2.75, 3.05) is 21.3 Å². The van der Waals surface area contributed by atoms with Crippen molar-refractivity contribution in [3.63, 3.8) is 0 Å².